The second-order valence-corrected chi connectivity index (χ2v) is 21.7. The summed E-state index contributed by atoms with van der Waals surface area (Å²) >= 11 is 0. The van der Waals surface area contributed by atoms with Crippen molar-refractivity contribution in [2.45, 2.75) is 77.7 Å². The summed E-state index contributed by atoms with van der Waals surface area (Å²) in [6.45, 7) is 16.3. The Morgan fingerprint density at radius 1 is 0.724 bits per heavy atom. The van der Waals surface area contributed by atoms with Gasteiger partial charge in [0.05, 0.1) is 8.07 Å². The Morgan fingerprint density at radius 3 is 2.09 bits per heavy atom. The van der Waals surface area contributed by atoms with Gasteiger partial charge >= 0.3 is 20.1 Å². The Bertz CT molecular complexity index is 2490. The third kappa shape index (κ3) is 7.64. The van der Waals surface area contributed by atoms with Crippen molar-refractivity contribution in [1.82, 2.24) is 4.98 Å². The molecule has 1 aromatic heterocycles. The molecule has 1 aliphatic carbocycles. The Kier molecular flexibility index (Phi) is 12.1. The summed E-state index contributed by atoms with van der Waals surface area (Å²) in [5.41, 5.74) is 16.0. The van der Waals surface area contributed by atoms with Crippen molar-refractivity contribution < 1.29 is 20.1 Å². The van der Waals surface area contributed by atoms with E-state index >= 15 is 0 Å². The van der Waals surface area contributed by atoms with E-state index in [1.165, 1.54) is 44.1 Å². The van der Waals surface area contributed by atoms with Crippen LogP contribution in [0.4, 0.5) is 17.1 Å². The van der Waals surface area contributed by atoms with E-state index in [-0.39, 0.29) is 31.7 Å². The first kappa shape index (κ1) is 41.1. The van der Waals surface area contributed by atoms with Gasteiger partial charge in [-0.15, -0.1) is 52.7 Å². The molecule has 7 aromatic rings. The van der Waals surface area contributed by atoms with Gasteiger partial charge < -0.3 is 15.2 Å². The maximum absolute atomic E-state index is 5.21. The van der Waals surface area contributed by atoms with Crippen molar-refractivity contribution in [1.29, 1.82) is 0 Å². The number of benzene rings is 6. The first-order valence-electron chi connectivity index (χ1n) is 20.5. The van der Waals surface area contributed by atoms with Gasteiger partial charge in [-0.05, 0) is 68.8 Å². The fourth-order valence-electron chi connectivity index (χ4n) is 8.88. The van der Waals surface area contributed by atoms with Crippen molar-refractivity contribution in [3.8, 4) is 33.5 Å². The molecule has 9 rings (SSSR count). The maximum atomic E-state index is 5.21. The fraction of sp³-hybridized carbons (Fsp3) is 0.226. The van der Waals surface area contributed by atoms with E-state index in [1.807, 2.05) is 18.2 Å². The number of pyridine rings is 1. The Hall–Kier alpha value is -5.06. The van der Waals surface area contributed by atoms with Crippen LogP contribution >= 0.6 is 0 Å². The zero-order valence-electron chi connectivity index (χ0n) is 34.7. The number of hydrogen-bond acceptors (Lipinski definition) is 2. The van der Waals surface area contributed by atoms with E-state index < -0.39 is 8.07 Å². The van der Waals surface area contributed by atoms with E-state index in [9.17, 15) is 0 Å². The summed E-state index contributed by atoms with van der Waals surface area (Å²) in [7, 11) is -1.34. The molecule has 58 heavy (non-hydrogen) atoms. The predicted octanol–water partition coefficient (Wildman–Crippen LogP) is 14.3. The molecule has 3 nitrogen and oxygen atoms in total. The summed E-state index contributed by atoms with van der Waals surface area (Å²) in [5, 5.41) is 6.69. The second-order valence-electron chi connectivity index (χ2n) is 16.7. The molecule has 1 unspecified atom stereocenters. The molecule has 0 fully saturated rings. The van der Waals surface area contributed by atoms with E-state index in [0.29, 0.717) is 5.92 Å². The number of rotatable bonds is 8. The van der Waals surface area contributed by atoms with Gasteiger partial charge in [0, 0.05) is 17.6 Å². The minimum atomic E-state index is -1.34. The summed E-state index contributed by atoms with van der Waals surface area (Å²) in [6, 6.07) is 58.7. The van der Waals surface area contributed by atoms with Crippen molar-refractivity contribution in [3.05, 3.63) is 191 Å². The van der Waals surface area contributed by atoms with Crippen LogP contribution in [0.2, 0.25) is 19.6 Å². The van der Waals surface area contributed by atoms with E-state index in [1.54, 1.807) is 0 Å². The van der Waals surface area contributed by atoms with Crippen molar-refractivity contribution >= 4 is 30.3 Å². The van der Waals surface area contributed by atoms with Crippen LogP contribution in [0.3, 0.4) is 0 Å². The van der Waals surface area contributed by atoms with Gasteiger partial charge in [0.1, 0.15) is 0 Å². The minimum Gasteiger partial charge on any atom is -0.661 e. The second kappa shape index (κ2) is 17.0. The SMILES string of the molecule is CC(C)c1cc(-c2[c-]cccc2)ncc1[Si](C)(C)C.CCC1(CC)c2c[c-]c(C3[N-]c4ccccc4N3c3ccc(-c4ccccc4)cc3)cc2-c2ccccc21.[Ir+3]. The molecule has 292 valence electrons. The van der Waals surface area contributed by atoms with E-state index in [0.717, 1.165) is 46.7 Å². The van der Waals surface area contributed by atoms with Crippen molar-refractivity contribution in [2.24, 2.45) is 0 Å². The van der Waals surface area contributed by atoms with Crippen LogP contribution in [0.1, 0.15) is 74.9 Å². The average molecular weight is 951 g/mol. The van der Waals surface area contributed by atoms with Gasteiger partial charge in [-0.1, -0.05) is 157 Å². The third-order valence-electron chi connectivity index (χ3n) is 12.0. The summed E-state index contributed by atoms with van der Waals surface area (Å²) in [6.07, 6.45) is 4.10. The largest absolute Gasteiger partial charge is 3.00 e. The number of fused-ring (bicyclic) bond motifs is 4. The monoisotopic (exact) mass is 951 g/mol. The van der Waals surface area contributed by atoms with Gasteiger partial charge in [0.25, 0.3) is 0 Å². The zero-order valence-corrected chi connectivity index (χ0v) is 38.1. The molecular formula is C53H52IrN3Si. The van der Waals surface area contributed by atoms with Crippen LogP contribution in [-0.4, -0.2) is 13.1 Å². The quantitative estimate of drug-likeness (QED) is 0.112. The molecule has 6 aromatic carbocycles. The summed E-state index contributed by atoms with van der Waals surface area (Å²) in [4.78, 5) is 7.02. The van der Waals surface area contributed by atoms with Gasteiger partial charge in [-0.25, -0.2) is 0 Å². The van der Waals surface area contributed by atoms with Gasteiger partial charge in [-0.2, -0.15) is 23.8 Å². The summed E-state index contributed by atoms with van der Waals surface area (Å²) < 4.78 is 0. The Morgan fingerprint density at radius 2 is 1.40 bits per heavy atom. The van der Waals surface area contributed by atoms with Crippen LogP contribution in [0.5, 0.6) is 0 Å². The number of aromatic nitrogens is 1. The van der Waals surface area contributed by atoms with E-state index in [2.05, 4.69) is 203 Å². The number of nitrogens with zero attached hydrogens (tertiary/aromatic N) is 3. The molecule has 2 aliphatic rings. The fourth-order valence-corrected chi connectivity index (χ4v) is 10.6. The van der Waals surface area contributed by atoms with Crippen molar-refractivity contribution in [3.63, 3.8) is 0 Å². The van der Waals surface area contributed by atoms with Crippen LogP contribution < -0.4 is 10.1 Å². The first-order valence-corrected chi connectivity index (χ1v) is 24.0. The van der Waals surface area contributed by atoms with E-state index in [4.69, 9.17) is 5.32 Å². The molecule has 0 spiro atoms. The molecule has 0 amide bonds. The molecule has 1 atom stereocenters. The number of hydrogen-bond donors (Lipinski definition) is 0. The van der Waals surface area contributed by atoms with Gasteiger partial charge in [-0.3, -0.25) is 0 Å². The molecule has 2 heterocycles. The van der Waals surface area contributed by atoms with Crippen molar-refractivity contribution in [2.75, 3.05) is 4.90 Å². The normalized spacial score (nSPS) is 14.7. The molecule has 0 bridgehead atoms. The standard InChI is InChI=1S/C36H30N2.C17H22NSi.Ir/c1-3-36(4-2)31-15-9-8-14-29(31)30-24-27(20-23-32(30)36)35-37-33-16-10-11-17-34(33)38(35)28-21-18-26(19-22-28)25-12-6-5-7-13-25;1-13(2)15-11-16(14-9-7-6-8-10-14)18-12-17(15)19(3,4)5;/h5-19,21-24,35H,3-4H2,1-2H3;6-9,11-13H,1-5H3;/q-2;-1;+3. The first-order chi connectivity index (χ1) is 27.6. The molecule has 0 saturated heterocycles. The molecular weight excluding hydrogens is 899 g/mol. The topological polar surface area (TPSA) is 30.2 Å². The van der Waals surface area contributed by atoms with Gasteiger partial charge in [0.15, 0.2) is 0 Å². The van der Waals surface area contributed by atoms with Crippen LogP contribution in [0.15, 0.2) is 152 Å². The average Bonchev–Trinajstić information content (AvgIpc) is 3.78. The smallest absolute Gasteiger partial charge is 0.661 e. The predicted molar refractivity (Wildman–Crippen MR) is 244 cm³/mol. The third-order valence-corrected chi connectivity index (χ3v) is 14.0. The molecule has 0 N–H and O–H groups in total. The van der Waals surface area contributed by atoms with Crippen LogP contribution in [-0.2, 0) is 25.5 Å². The number of anilines is 2. The molecule has 0 radical (unpaired) electrons. The van der Waals surface area contributed by atoms with Crippen LogP contribution in [0, 0.1) is 12.1 Å². The van der Waals surface area contributed by atoms with Gasteiger partial charge in [0.2, 0.25) is 0 Å². The zero-order chi connectivity index (χ0) is 39.7. The molecule has 0 saturated carbocycles. The Labute approximate surface area is 361 Å². The summed E-state index contributed by atoms with van der Waals surface area (Å²) in [5.74, 6) is 0.534. The maximum Gasteiger partial charge on any atom is 3.00 e. The Balaban J connectivity index is 0.000000217. The molecule has 5 heteroatoms. The number of para-hydroxylation sites is 2. The molecule has 1 aliphatic heterocycles. The van der Waals surface area contributed by atoms with Crippen LogP contribution in [0.25, 0.3) is 38.8 Å². The minimum absolute atomic E-state index is 0.